The van der Waals surface area contributed by atoms with E-state index in [4.69, 9.17) is 4.74 Å². The third-order valence-electron chi connectivity index (χ3n) is 2.68. The van der Waals surface area contributed by atoms with E-state index in [-0.39, 0.29) is 21.5 Å². The molecule has 0 saturated carbocycles. The fourth-order valence-corrected chi connectivity index (χ4v) is 2.08. The van der Waals surface area contributed by atoms with E-state index in [0.29, 0.717) is 5.75 Å². The number of nitrogens with zero attached hydrogens (tertiary/aromatic N) is 2. The normalized spacial score (nSPS) is 10.1. The maximum absolute atomic E-state index is 13.0. The summed E-state index contributed by atoms with van der Waals surface area (Å²) in [5.74, 6) is -1.01. The van der Waals surface area contributed by atoms with Crippen LogP contribution >= 0.6 is 15.9 Å². The molecule has 1 heterocycles. The molecule has 1 aromatic carbocycles. The number of benzene rings is 1. The number of carbonyl (C=O) groups is 1. The molecule has 0 radical (unpaired) electrons. The number of anilines is 1. The molecule has 2 rings (SSSR count). The summed E-state index contributed by atoms with van der Waals surface area (Å²) in [6.45, 7) is 0. The van der Waals surface area contributed by atoms with Gasteiger partial charge in [-0.25, -0.2) is 9.37 Å². The Morgan fingerprint density at radius 2 is 2.18 bits per heavy atom. The minimum Gasteiger partial charge on any atom is -0.497 e. The van der Waals surface area contributed by atoms with E-state index in [2.05, 4.69) is 26.2 Å². The number of hydrogen-bond acceptors (Lipinski definition) is 5. The molecule has 0 bridgehead atoms. The lowest BCUT2D eigenvalue weighted by molar-refractivity contribution is -0.385. The molecule has 0 unspecified atom stereocenters. The molecule has 0 aliphatic rings. The SMILES string of the molecule is COc1ccc([N+](=O)[O-])c(C(=O)Nc2ncc(F)cc2Br)c1. The average molecular weight is 370 g/mol. The summed E-state index contributed by atoms with van der Waals surface area (Å²) in [4.78, 5) is 26.2. The predicted octanol–water partition coefficient (Wildman–Crippen LogP) is 3.15. The van der Waals surface area contributed by atoms with Crippen LogP contribution in [0.1, 0.15) is 10.4 Å². The second kappa shape index (κ2) is 6.48. The summed E-state index contributed by atoms with van der Waals surface area (Å²) in [5, 5.41) is 13.4. The maximum Gasteiger partial charge on any atom is 0.282 e. The van der Waals surface area contributed by atoms with Crippen LogP contribution in [0.5, 0.6) is 5.75 Å². The van der Waals surface area contributed by atoms with Crippen LogP contribution in [-0.4, -0.2) is 22.9 Å². The van der Waals surface area contributed by atoms with Gasteiger partial charge in [0, 0.05) is 6.07 Å². The first-order valence-corrected chi connectivity index (χ1v) is 6.66. The molecule has 0 spiro atoms. The Morgan fingerprint density at radius 1 is 1.45 bits per heavy atom. The van der Waals surface area contributed by atoms with Gasteiger partial charge in [-0.15, -0.1) is 0 Å². The Kier molecular flexibility index (Phi) is 4.66. The lowest BCUT2D eigenvalue weighted by Gasteiger charge is -2.08. The number of ether oxygens (including phenoxy) is 1. The number of rotatable bonds is 4. The van der Waals surface area contributed by atoms with Crippen molar-refractivity contribution in [3.05, 3.63) is 56.4 Å². The van der Waals surface area contributed by atoms with Gasteiger partial charge in [0.15, 0.2) is 0 Å². The van der Waals surface area contributed by atoms with E-state index >= 15 is 0 Å². The monoisotopic (exact) mass is 369 g/mol. The van der Waals surface area contributed by atoms with Crippen LogP contribution in [0.25, 0.3) is 0 Å². The highest BCUT2D eigenvalue weighted by Gasteiger charge is 2.22. The van der Waals surface area contributed by atoms with Gasteiger partial charge in [-0.2, -0.15) is 0 Å². The van der Waals surface area contributed by atoms with Crippen molar-refractivity contribution in [1.82, 2.24) is 4.98 Å². The van der Waals surface area contributed by atoms with Gasteiger partial charge in [0.1, 0.15) is 22.9 Å². The first kappa shape index (κ1) is 15.8. The van der Waals surface area contributed by atoms with Gasteiger partial charge in [0.25, 0.3) is 11.6 Å². The van der Waals surface area contributed by atoms with Crippen molar-refractivity contribution in [2.75, 3.05) is 12.4 Å². The highest BCUT2D eigenvalue weighted by Crippen LogP contribution is 2.26. The Bertz CT molecular complexity index is 754. The summed E-state index contributed by atoms with van der Waals surface area (Å²) < 4.78 is 18.1. The fourth-order valence-electron chi connectivity index (χ4n) is 1.66. The van der Waals surface area contributed by atoms with Crippen molar-refractivity contribution in [2.24, 2.45) is 0 Å². The molecule has 114 valence electrons. The molecule has 1 aromatic heterocycles. The molecule has 22 heavy (non-hydrogen) atoms. The van der Waals surface area contributed by atoms with Gasteiger partial charge in [0.05, 0.1) is 22.7 Å². The summed E-state index contributed by atoms with van der Waals surface area (Å²) in [5.41, 5.74) is -0.570. The highest BCUT2D eigenvalue weighted by atomic mass is 79.9. The molecule has 0 aliphatic heterocycles. The molecule has 7 nitrogen and oxygen atoms in total. The standard InChI is InChI=1S/C13H9BrFN3O4/c1-22-8-2-3-11(18(20)21)9(5-8)13(19)17-12-10(14)4-7(15)6-16-12/h2-6H,1H3,(H,16,17,19). The Balaban J connectivity index is 2.38. The number of carbonyl (C=O) groups excluding carboxylic acids is 1. The molecule has 2 aromatic rings. The zero-order valence-corrected chi connectivity index (χ0v) is 12.8. The number of aromatic nitrogens is 1. The number of hydrogen-bond donors (Lipinski definition) is 1. The van der Waals surface area contributed by atoms with E-state index in [0.717, 1.165) is 12.3 Å². The van der Waals surface area contributed by atoms with Gasteiger partial charge in [-0.3, -0.25) is 14.9 Å². The molecular weight excluding hydrogens is 361 g/mol. The van der Waals surface area contributed by atoms with Crippen LogP contribution in [0.4, 0.5) is 15.9 Å². The zero-order chi connectivity index (χ0) is 16.3. The molecule has 0 saturated heterocycles. The van der Waals surface area contributed by atoms with Crippen LogP contribution in [0.15, 0.2) is 34.9 Å². The van der Waals surface area contributed by atoms with Crippen LogP contribution in [0, 0.1) is 15.9 Å². The first-order valence-electron chi connectivity index (χ1n) is 5.87. The number of methoxy groups -OCH3 is 1. The topological polar surface area (TPSA) is 94.4 Å². The minimum atomic E-state index is -0.759. The van der Waals surface area contributed by atoms with Crippen LogP contribution in [-0.2, 0) is 0 Å². The molecule has 1 amide bonds. The van der Waals surface area contributed by atoms with Crippen molar-refractivity contribution in [1.29, 1.82) is 0 Å². The van der Waals surface area contributed by atoms with Crippen LogP contribution < -0.4 is 10.1 Å². The number of nitrogens with one attached hydrogen (secondary N) is 1. The predicted molar refractivity (Wildman–Crippen MR) is 79.5 cm³/mol. The van der Waals surface area contributed by atoms with Gasteiger partial charge in [-0.1, -0.05) is 0 Å². The average Bonchev–Trinajstić information content (AvgIpc) is 2.49. The van der Waals surface area contributed by atoms with Crippen molar-refractivity contribution < 1.29 is 18.8 Å². The van der Waals surface area contributed by atoms with Crippen molar-refractivity contribution in [3.63, 3.8) is 0 Å². The van der Waals surface area contributed by atoms with Crippen molar-refractivity contribution >= 4 is 33.3 Å². The summed E-state index contributed by atoms with van der Waals surface area (Å²) >= 11 is 3.05. The van der Waals surface area contributed by atoms with Gasteiger partial charge in [-0.05, 0) is 34.1 Å². The number of nitro benzene ring substituents is 1. The van der Waals surface area contributed by atoms with E-state index in [1.165, 1.54) is 25.3 Å². The highest BCUT2D eigenvalue weighted by molar-refractivity contribution is 9.10. The van der Waals surface area contributed by atoms with Crippen LogP contribution in [0.2, 0.25) is 0 Å². The molecule has 0 aliphatic carbocycles. The Labute approximate surface area is 132 Å². The number of halogens is 2. The Morgan fingerprint density at radius 3 is 2.77 bits per heavy atom. The smallest absolute Gasteiger partial charge is 0.282 e. The number of pyridine rings is 1. The lowest BCUT2D eigenvalue weighted by Crippen LogP contribution is -2.15. The van der Waals surface area contributed by atoms with Crippen LogP contribution in [0.3, 0.4) is 0 Å². The van der Waals surface area contributed by atoms with Crippen molar-refractivity contribution in [3.8, 4) is 5.75 Å². The number of amides is 1. The minimum absolute atomic E-state index is 0.0449. The fraction of sp³-hybridized carbons (Fsp3) is 0.0769. The largest absolute Gasteiger partial charge is 0.497 e. The maximum atomic E-state index is 13.0. The summed E-state index contributed by atoms with van der Waals surface area (Å²) in [6, 6.07) is 4.90. The van der Waals surface area contributed by atoms with E-state index in [1.54, 1.807) is 0 Å². The first-order chi connectivity index (χ1) is 10.4. The van der Waals surface area contributed by atoms with E-state index in [9.17, 15) is 19.3 Å². The lowest BCUT2D eigenvalue weighted by atomic mass is 10.1. The molecule has 0 fully saturated rings. The molecule has 0 atom stereocenters. The van der Waals surface area contributed by atoms with E-state index < -0.39 is 16.6 Å². The third-order valence-corrected chi connectivity index (χ3v) is 3.29. The second-order valence-electron chi connectivity index (χ2n) is 4.08. The Hall–Kier alpha value is -2.55. The van der Waals surface area contributed by atoms with Gasteiger partial charge in [0.2, 0.25) is 0 Å². The van der Waals surface area contributed by atoms with Crippen molar-refractivity contribution in [2.45, 2.75) is 0 Å². The third kappa shape index (κ3) is 3.37. The van der Waals surface area contributed by atoms with Gasteiger partial charge >= 0.3 is 0 Å². The number of nitro groups is 1. The molecule has 9 heteroatoms. The molecular formula is C13H9BrFN3O4. The molecule has 1 N–H and O–H groups in total. The summed E-state index contributed by atoms with van der Waals surface area (Å²) in [6.07, 6.45) is 0.917. The van der Waals surface area contributed by atoms with Gasteiger partial charge < -0.3 is 10.1 Å². The van der Waals surface area contributed by atoms with E-state index in [1.807, 2.05) is 0 Å². The quantitative estimate of drug-likeness (QED) is 0.659. The zero-order valence-electron chi connectivity index (χ0n) is 11.2. The second-order valence-corrected chi connectivity index (χ2v) is 4.93. The summed E-state index contributed by atoms with van der Waals surface area (Å²) in [7, 11) is 1.38.